The minimum Gasteiger partial charge on any atom is -0.464 e. The minimum atomic E-state index is -0.556. The highest BCUT2D eigenvalue weighted by Gasteiger charge is 2.37. The highest BCUT2D eigenvalue weighted by atomic mass is 16.6. The van der Waals surface area contributed by atoms with Crippen LogP contribution in [0.1, 0.15) is 47.5 Å². The molecule has 5 nitrogen and oxygen atoms in total. The fourth-order valence-corrected chi connectivity index (χ4v) is 2.14. The van der Waals surface area contributed by atoms with Crippen molar-refractivity contribution in [3.63, 3.8) is 0 Å². The summed E-state index contributed by atoms with van der Waals surface area (Å²) < 4.78 is 10.4. The minimum absolute atomic E-state index is 0.325. The van der Waals surface area contributed by atoms with Gasteiger partial charge in [-0.05, 0) is 46.5 Å². The molecule has 1 saturated heterocycles. The molecule has 1 amide bonds. The fourth-order valence-electron chi connectivity index (χ4n) is 2.14. The maximum absolute atomic E-state index is 12.1. The van der Waals surface area contributed by atoms with E-state index in [1.165, 1.54) is 4.90 Å². The second-order valence-corrected chi connectivity index (χ2v) is 6.07. The second-order valence-electron chi connectivity index (χ2n) is 6.07. The van der Waals surface area contributed by atoms with Crippen LogP contribution in [0.5, 0.6) is 0 Å². The van der Waals surface area contributed by atoms with Crippen molar-refractivity contribution < 1.29 is 19.1 Å². The third-order valence-corrected chi connectivity index (χ3v) is 3.05. The molecule has 1 fully saturated rings. The van der Waals surface area contributed by atoms with Gasteiger partial charge in [-0.25, -0.2) is 9.59 Å². The highest BCUT2D eigenvalue weighted by molar-refractivity contribution is 5.81. The lowest BCUT2D eigenvalue weighted by atomic mass is 9.93. The number of hydrogen-bond acceptors (Lipinski definition) is 4. The summed E-state index contributed by atoms with van der Waals surface area (Å²) in [5.41, 5.74) is -0.556. The van der Waals surface area contributed by atoms with Gasteiger partial charge < -0.3 is 9.47 Å². The van der Waals surface area contributed by atoms with E-state index in [4.69, 9.17) is 9.47 Å². The Morgan fingerprint density at radius 2 is 1.95 bits per heavy atom. The van der Waals surface area contributed by atoms with Gasteiger partial charge in [0.15, 0.2) is 0 Å². The Morgan fingerprint density at radius 3 is 2.47 bits per heavy atom. The summed E-state index contributed by atoms with van der Waals surface area (Å²) in [7, 11) is 0. The molecule has 2 atom stereocenters. The van der Waals surface area contributed by atoms with Gasteiger partial charge in [-0.15, -0.1) is 0 Å². The Kier molecular flexibility index (Phi) is 5.20. The molecule has 1 aliphatic heterocycles. The molecule has 2 unspecified atom stereocenters. The first-order valence-corrected chi connectivity index (χ1v) is 6.91. The van der Waals surface area contributed by atoms with Crippen LogP contribution in [-0.2, 0) is 14.3 Å². The summed E-state index contributed by atoms with van der Waals surface area (Å²) >= 11 is 0. The lowest BCUT2D eigenvalue weighted by Gasteiger charge is -2.37. The van der Waals surface area contributed by atoms with Crippen LogP contribution in [0.3, 0.4) is 0 Å². The maximum Gasteiger partial charge on any atom is 0.411 e. The molecule has 1 rings (SSSR count). The molecule has 1 heterocycles. The zero-order valence-electron chi connectivity index (χ0n) is 12.6. The van der Waals surface area contributed by atoms with Crippen molar-refractivity contribution >= 4 is 12.1 Å². The predicted molar refractivity (Wildman–Crippen MR) is 71.8 cm³/mol. The van der Waals surface area contributed by atoms with Crippen molar-refractivity contribution in [2.45, 2.75) is 59.1 Å². The Hall–Kier alpha value is -1.26. The van der Waals surface area contributed by atoms with Gasteiger partial charge >= 0.3 is 12.1 Å². The molecule has 19 heavy (non-hydrogen) atoms. The first-order chi connectivity index (χ1) is 8.74. The Bertz CT molecular complexity index is 335. The number of carbonyl (C=O) groups excluding carboxylic acids is 2. The standard InChI is InChI=1S/C14H25NO4/c1-6-18-12(16)11-9-10(2)7-8-15(11)13(17)19-14(3,4)5/h10-11H,6-9H2,1-5H3. The van der Waals surface area contributed by atoms with Crippen LogP contribution in [0.15, 0.2) is 0 Å². The van der Waals surface area contributed by atoms with E-state index in [1.54, 1.807) is 6.92 Å². The molecule has 0 aromatic rings. The van der Waals surface area contributed by atoms with Crippen molar-refractivity contribution in [2.24, 2.45) is 5.92 Å². The lowest BCUT2D eigenvalue weighted by molar-refractivity contribution is -0.151. The topological polar surface area (TPSA) is 55.8 Å². The molecule has 1 aliphatic rings. The van der Waals surface area contributed by atoms with E-state index in [1.807, 2.05) is 20.8 Å². The van der Waals surface area contributed by atoms with Gasteiger partial charge in [-0.2, -0.15) is 0 Å². The number of hydrogen-bond donors (Lipinski definition) is 0. The first kappa shape index (κ1) is 15.8. The fraction of sp³-hybridized carbons (Fsp3) is 0.857. The second kappa shape index (κ2) is 6.26. The lowest BCUT2D eigenvalue weighted by Crippen LogP contribution is -2.51. The van der Waals surface area contributed by atoms with E-state index in [2.05, 4.69) is 6.92 Å². The molecule has 0 spiro atoms. The van der Waals surface area contributed by atoms with Gasteiger partial charge in [-0.3, -0.25) is 4.90 Å². The summed E-state index contributed by atoms with van der Waals surface area (Å²) in [6.45, 7) is 10.2. The Morgan fingerprint density at radius 1 is 1.32 bits per heavy atom. The van der Waals surface area contributed by atoms with Crippen LogP contribution in [-0.4, -0.2) is 41.8 Å². The van der Waals surface area contributed by atoms with Gasteiger partial charge in [0.05, 0.1) is 6.61 Å². The number of likely N-dealkylation sites (tertiary alicyclic amines) is 1. The van der Waals surface area contributed by atoms with Gasteiger partial charge in [0.25, 0.3) is 0 Å². The molecule has 0 N–H and O–H groups in total. The van der Waals surface area contributed by atoms with E-state index in [9.17, 15) is 9.59 Å². The molecular weight excluding hydrogens is 246 g/mol. The quantitative estimate of drug-likeness (QED) is 0.724. The number of esters is 1. The molecule has 0 aromatic carbocycles. The summed E-state index contributed by atoms with van der Waals surface area (Å²) in [6.07, 6.45) is 1.09. The Labute approximate surface area is 115 Å². The third-order valence-electron chi connectivity index (χ3n) is 3.05. The van der Waals surface area contributed by atoms with E-state index in [0.29, 0.717) is 25.5 Å². The van der Waals surface area contributed by atoms with E-state index in [-0.39, 0.29) is 5.97 Å². The van der Waals surface area contributed by atoms with Gasteiger partial charge in [0, 0.05) is 6.54 Å². The van der Waals surface area contributed by atoms with Crippen molar-refractivity contribution in [2.75, 3.05) is 13.2 Å². The van der Waals surface area contributed by atoms with Crippen LogP contribution < -0.4 is 0 Å². The third kappa shape index (κ3) is 4.73. The van der Waals surface area contributed by atoms with Crippen LogP contribution in [0.2, 0.25) is 0 Å². The molecule has 0 saturated carbocycles. The zero-order chi connectivity index (χ0) is 14.6. The number of piperidine rings is 1. The average molecular weight is 271 g/mol. The van der Waals surface area contributed by atoms with Gasteiger partial charge in [-0.1, -0.05) is 6.92 Å². The number of carbonyl (C=O) groups is 2. The first-order valence-electron chi connectivity index (χ1n) is 6.91. The van der Waals surface area contributed by atoms with Crippen LogP contribution in [0.25, 0.3) is 0 Å². The van der Waals surface area contributed by atoms with E-state index >= 15 is 0 Å². The molecule has 0 bridgehead atoms. The summed E-state index contributed by atoms with van der Waals surface area (Å²) in [6, 6.07) is -0.515. The monoisotopic (exact) mass is 271 g/mol. The predicted octanol–water partition coefficient (Wildman–Crippen LogP) is 2.59. The molecule has 0 aliphatic carbocycles. The van der Waals surface area contributed by atoms with Gasteiger partial charge in [0.2, 0.25) is 0 Å². The number of nitrogens with zero attached hydrogens (tertiary/aromatic N) is 1. The largest absolute Gasteiger partial charge is 0.464 e. The van der Waals surface area contributed by atoms with Crippen molar-refractivity contribution in [1.82, 2.24) is 4.90 Å². The summed E-state index contributed by atoms with van der Waals surface area (Å²) in [5.74, 6) is 0.0769. The van der Waals surface area contributed by atoms with E-state index in [0.717, 1.165) is 6.42 Å². The molecule has 5 heteroatoms. The summed E-state index contributed by atoms with van der Waals surface area (Å²) in [5, 5.41) is 0. The van der Waals surface area contributed by atoms with Crippen LogP contribution >= 0.6 is 0 Å². The molecule has 0 radical (unpaired) electrons. The molecular formula is C14H25NO4. The van der Waals surface area contributed by atoms with Crippen molar-refractivity contribution in [3.8, 4) is 0 Å². The van der Waals surface area contributed by atoms with Crippen molar-refractivity contribution in [1.29, 1.82) is 0 Å². The maximum atomic E-state index is 12.1. The normalized spacial score (nSPS) is 23.9. The van der Waals surface area contributed by atoms with Crippen molar-refractivity contribution in [3.05, 3.63) is 0 Å². The average Bonchev–Trinajstić information content (AvgIpc) is 2.26. The van der Waals surface area contributed by atoms with E-state index < -0.39 is 17.7 Å². The summed E-state index contributed by atoms with van der Waals surface area (Å²) in [4.78, 5) is 25.6. The number of rotatable bonds is 2. The zero-order valence-corrected chi connectivity index (χ0v) is 12.6. The number of ether oxygens (including phenoxy) is 2. The number of amides is 1. The van der Waals surface area contributed by atoms with Crippen LogP contribution in [0, 0.1) is 5.92 Å². The molecule has 0 aromatic heterocycles. The Balaban J connectivity index is 2.77. The van der Waals surface area contributed by atoms with Crippen LogP contribution in [0.4, 0.5) is 4.79 Å². The molecule has 110 valence electrons. The smallest absolute Gasteiger partial charge is 0.411 e. The van der Waals surface area contributed by atoms with Gasteiger partial charge in [0.1, 0.15) is 11.6 Å². The highest BCUT2D eigenvalue weighted by Crippen LogP contribution is 2.25. The SMILES string of the molecule is CCOC(=O)C1CC(C)CCN1C(=O)OC(C)(C)C.